The maximum absolute atomic E-state index is 9.11. The molecule has 0 spiro atoms. The van der Waals surface area contributed by atoms with Crippen LogP contribution in [0, 0.1) is 5.92 Å². The van der Waals surface area contributed by atoms with Crippen LogP contribution in [-0.4, -0.2) is 22.7 Å². The van der Waals surface area contributed by atoms with Crippen LogP contribution in [0.25, 0.3) is 0 Å². The van der Waals surface area contributed by atoms with Gasteiger partial charge in [-0.2, -0.15) is 0 Å². The monoisotopic (exact) mass is 218 g/mol. The minimum absolute atomic E-state index is 0.0375. The van der Waals surface area contributed by atoms with Gasteiger partial charge in [-0.3, -0.25) is 0 Å². The topological polar surface area (TPSA) is 36.4 Å². The summed E-state index contributed by atoms with van der Waals surface area (Å²) < 4.78 is 0. The molecule has 1 aromatic rings. The van der Waals surface area contributed by atoms with Crippen LogP contribution in [0.2, 0.25) is 0 Å². The van der Waals surface area contributed by atoms with Crippen molar-refractivity contribution in [2.24, 2.45) is 5.92 Å². The van der Waals surface area contributed by atoms with Crippen LogP contribution in [0.5, 0.6) is 0 Å². The lowest BCUT2D eigenvalue weighted by molar-refractivity contribution is 0.277. The first-order chi connectivity index (χ1) is 7.86. The zero-order valence-electron chi connectivity index (χ0n) is 9.47. The van der Waals surface area contributed by atoms with Gasteiger partial charge in [0, 0.05) is 12.6 Å². The number of aliphatic hydroxyl groups excluding tert-OH is 1. The summed E-state index contributed by atoms with van der Waals surface area (Å²) in [5.74, 6) is 1.95. The molecule has 0 aromatic carbocycles. The van der Waals surface area contributed by atoms with E-state index in [-0.39, 0.29) is 6.61 Å². The number of anilines is 1. The quantitative estimate of drug-likeness (QED) is 0.820. The number of pyridine rings is 1. The Kier molecular flexibility index (Phi) is 2.56. The van der Waals surface area contributed by atoms with Crippen molar-refractivity contribution < 1.29 is 5.11 Å². The first-order valence-electron chi connectivity index (χ1n) is 6.20. The molecule has 2 saturated carbocycles. The van der Waals surface area contributed by atoms with Gasteiger partial charge in [0.2, 0.25) is 0 Å². The third-order valence-corrected chi connectivity index (χ3v) is 3.39. The van der Waals surface area contributed by atoms with Crippen molar-refractivity contribution in [3.05, 3.63) is 23.9 Å². The molecular formula is C13H18N2O. The fraction of sp³-hybridized carbons (Fsp3) is 0.615. The second-order valence-corrected chi connectivity index (χ2v) is 4.97. The SMILES string of the molecule is OCc1cccc(N(CC2CC2)C2CC2)n1. The van der Waals surface area contributed by atoms with Crippen molar-refractivity contribution in [2.45, 2.75) is 38.3 Å². The molecule has 0 atom stereocenters. The normalized spacial score (nSPS) is 19.8. The first kappa shape index (κ1) is 10.1. The van der Waals surface area contributed by atoms with Crippen LogP contribution in [-0.2, 0) is 6.61 Å². The Morgan fingerprint density at radius 1 is 1.25 bits per heavy atom. The molecule has 2 aliphatic carbocycles. The lowest BCUT2D eigenvalue weighted by Crippen LogP contribution is -2.29. The zero-order valence-corrected chi connectivity index (χ0v) is 9.47. The average Bonchev–Trinajstić information content (AvgIpc) is 3.16. The van der Waals surface area contributed by atoms with E-state index in [1.165, 1.54) is 25.7 Å². The third kappa shape index (κ3) is 2.19. The molecule has 0 amide bonds. The van der Waals surface area contributed by atoms with Gasteiger partial charge in [0.15, 0.2) is 0 Å². The fourth-order valence-electron chi connectivity index (χ4n) is 2.11. The molecule has 3 rings (SSSR count). The summed E-state index contributed by atoms with van der Waals surface area (Å²) in [6, 6.07) is 6.66. The van der Waals surface area contributed by atoms with E-state index in [0.29, 0.717) is 6.04 Å². The van der Waals surface area contributed by atoms with E-state index in [2.05, 4.69) is 16.0 Å². The minimum atomic E-state index is 0.0375. The maximum atomic E-state index is 9.11. The first-order valence-corrected chi connectivity index (χ1v) is 6.20. The number of rotatable bonds is 5. The molecule has 0 radical (unpaired) electrons. The molecule has 1 N–H and O–H groups in total. The van der Waals surface area contributed by atoms with Gasteiger partial charge in [-0.25, -0.2) is 4.98 Å². The molecule has 86 valence electrons. The minimum Gasteiger partial charge on any atom is -0.390 e. The molecule has 1 aromatic heterocycles. The number of hydrogen-bond donors (Lipinski definition) is 1. The summed E-state index contributed by atoms with van der Waals surface area (Å²) in [5, 5.41) is 9.11. The Hall–Kier alpha value is -1.09. The van der Waals surface area contributed by atoms with Crippen LogP contribution < -0.4 is 4.90 Å². The van der Waals surface area contributed by atoms with Gasteiger partial charge < -0.3 is 10.0 Å². The van der Waals surface area contributed by atoms with Crippen molar-refractivity contribution >= 4 is 5.82 Å². The van der Waals surface area contributed by atoms with E-state index in [1.807, 2.05) is 12.1 Å². The summed E-state index contributed by atoms with van der Waals surface area (Å²) in [6.07, 6.45) is 5.36. The summed E-state index contributed by atoms with van der Waals surface area (Å²) in [6.45, 7) is 1.20. The molecule has 2 fully saturated rings. The average molecular weight is 218 g/mol. The molecule has 0 aliphatic heterocycles. The van der Waals surface area contributed by atoms with Gasteiger partial charge in [0.25, 0.3) is 0 Å². The Bertz CT molecular complexity index is 372. The lowest BCUT2D eigenvalue weighted by atomic mass is 10.3. The molecule has 0 unspecified atom stereocenters. The van der Waals surface area contributed by atoms with Crippen LogP contribution in [0.4, 0.5) is 5.82 Å². The van der Waals surface area contributed by atoms with Crippen LogP contribution >= 0.6 is 0 Å². The highest BCUT2D eigenvalue weighted by Gasteiger charge is 2.34. The van der Waals surface area contributed by atoms with Crippen LogP contribution in [0.3, 0.4) is 0 Å². The molecule has 3 nitrogen and oxygen atoms in total. The predicted molar refractivity (Wildman–Crippen MR) is 63.3 cm³/mol. The van der Waals surface area contributed by atoms with E-state index in [0.717, 1.165) is 24.0 Å². The summed E-state index contributed by atoms with van der Waals surface area (Å²) in [4.78, 5) is 6.95. The van der Waals surface area contributed by atoms with Gasteiger partial charge in [-0.1, -0.05) is 6.07 Å². The van der Waals surface area contributed by atoms with Gasteiger partial charge in [0.1, 0.15) is 5.82 Å². The van der Waals surface area contributed by atoms with Crippen molar-refractivity contribution in [3.63, 3.8) is 0 Å². The molecule has 16 heavy (non-hydrogen) atoms. The Morgan fingerprint density at radius 3 is 2.69 bits per heavy atom. The summed E-state index contributed by atoms with van der Waals surface area (Å²) in [7, 11) is 0. The number of nitrogens with zero attached hydrogens (tertiary/aromatic N) is 2. The molecule has 3 heteroatoms. The highest BCUT2D eigenvalue weighted by molar-refractivity contribution is 5.42. The smallest absolute Gasteiger partial charge is 0.129 e. The predicted octanol–water partition coefficient (Wildman–Crippen LogP) is 1.95. The summed E-state index contributed by atoms with van der Waals surface area (Å²) >= 11 is 0. The van der Waals surface area contributed by atoms with E-state index in [9.17, 15) is 0 Å². The van der Waals surface area contributed by atoms with Gasteiger partial charge in [0.05, 0.1) is 12.3 Å². The van der Waals surface area contributed by atoms with Crippen LogP contribution in [0.1, 0.15) is 31.4 Å². The molecular weight excluding hydrogens is 200 g/mol. The van der Waals surface area contributed by atoms with E-state index in [4.69, 9.17) is 5.11 Å². The van der Waals surface area contributed by atoms with Gasteiger partial charge in [-0.05, 0) is 43.7 Å². The molecule has 2 aliphatic rings. The second kappa shape index (κ2) is 4.06. The standard InChI is InChI=1S/C13H18N2O/c16-9-11-2-1-3-13(14-11)15(12-6-7-12)8-10-4-5-10/h1-3,10,12,16H,4-9H2. The fourth-order valence-corrected chi connectivity index (χ4v) is 2.11. The third-order valence-electron chi connectivity index (χ3n) is 3.39. The van der Waals surface area contributed by atoms with Crippen molar-refractivity contribution in [2.75, 3.05) is 11.4 Å². The highest BCUT2D eigenvalue weighted by atomic mass is 16.3. The van der Waals surface area contributed by atoms with Crippen molar-refractivity contribution in [1.82, 2.24) is 4.98 Å². The number of aromatic nitrogens is 1. The Morgan fingerprint density at radius 2 is 2.06 bits per heavy atom. The van der Waals surface area contributed by atoms with Crippen molar-refractivity contribution in [3.8, 4) is 0 Å². The van der Waals surface area contributed by atoms with E-state index < -0.39 is 0 Å². The Labute approximate surface area is 96.1 Å². The number of hydrogen-bond acceptors (Lipinski definition) is 3. The van der Waals surface area contributed by atoms with Crippen molar-refractivity contribution in [1.29, 1.82) is 0 Å². The van der Waals surface area contributed by atoms with E-state index >= 15 is 0 Å². The maximum Gasteiger partial charge on any atom is 0.129 e. The van der Waals surface area contributed by atoms with Crippen LogP contribution in [0.15, 0.2) is 18.2 Å². The highest BCUT2D eigenvalue weighted by Crippen LogP contribution is 2.36. The van der Waals surface area contributed by atoms with E-state index in [1.54, 1.807) is 0 Å². The molecule has 1 heterocycles. The van der Waals surface area contributed by atoms with Gasteiger partial charge in [-0.15, -0.1) is 0 Å². The lowest BCUT2D eigenvalue weighted by Gasteiger charge is -2.23. The Balaban J connectivity index is 1.79. The van der Waals surface area contributed by atoms with Gasteiger partial charge >= 0.3 is 0 Å². The summed E-state index contributed by atoms with van der Waals surface area (Å²) in [5.41, 5.74) is 0.777. The largest absolute Gasteiger partial charge is 0.390 e. The molecule has 0 bridgehead atoms. The number of aliphatic hydroxyl groups is 1. The second-order valence-electron chi connectivity index (χ2n) is 4.97. The zero-order chi connectivity index (χ0) is 11.0. The molecule has 0 saturated heterocycles.